The molecule has 0 spiro atoms. The van der Waals surface area contributed by atoms with E-state index in [1.807, 2.05) is 82.3 Å². The van der Waals surface area contributed by atoms with E-state index in [1.165, 1.54) is 6.92 Å². The zero-order valence-corrected chi connectivity index (χ0v) is 33.0. The number of benzene rings is 2. The molecule has 2 aliphatic rings. The van der Waals surface area contributed by atoms with Crippen LogP contribution in [-0.4, -0.2) is 95.6 Å². The van der Waals surface area contributed by atoms with Crippen LogP contribution in [0, 0.1) is 17.8 Å². The first-order valence-electron chi connectivity index (χ1n) is 19.3. The Morgan fingerprint density at radius 3 is 2.26 bits per heavy atom. The Morgan fingerprint density at radius 1 is 1.00 bits per heavy atom. The zero-order chi connectivity index (χ0) is 39.9. The maximum Gasteiger partial charge on any atom is 0.246 e. The largest absolute Gasteiger partial charge is 0.494 e. The Balaban J connectivity index is 1.91. The summed E-state index contributed by atoms with van der Waals surface area (Å²) < 4.78 is 5.83. The Labute approximate surface area is 320 Å². The summed E-state index contributed by atoms with van der Waals surface area (Å²) in [7, 11) is 0. The molecule has 54 heavy (non-hydrogen) atoms. The van der Waals surface area contributed by atoms with Crippen molar-refractivity contribution in [2.24, 2.45) is 23.5 Å². The van der Waals surface area contributed by atoms with Gasteiger partial charge in [-0.25, -0.2) is 0 Å². The molecule has 1 unspecified atom stereocenters. The molecule has 7 N–H and O–H groups in total. The molecule has 7 atom stereocenters. The van der Waals surface area contributed by atoms with Gasteiger partial charge in [-0.3, -0.25) is 28.9 Å². The number of amides is 5. The summed E-state index contributed by atoms with van der Waals surface area (Å²) in [4.78, 5) is 68.7. The van der Waals surface area contributed by atoms with Crippen LogP contribution in [0.4, 0.5) is 0 Å². The molecule has 0 aromatic heterocycles. The van der Waals surface area contributed by atoms with Crippen molar-refractivity contribution in [3.63, 3.8) is 0 Å². The Bertz CT molecular complexity index is 1520. The minimum Gasteiger partial charge on any atom is -0.494 e. The van der Waals surface area contributed by atoms with Crippen molar-refractivity contribution in [3.8, 4) is 5.75 Å². The number of imide groups is 1. The van der Waals surface area contributed by atoms with Crippen molar-refractivity contribution in [2.75, 3.05) is 19.7 Å². The fraction of sp³-hybridized carbons (Fsp3) is 0.585. The van der Waals surface area contributed by atoms with E-state index in [-0.39, 0.29) is 37.1 Å². The lowest BCUT2D eigenvalue weighted by Crippen LogP contribution is -2.61. The van der Waals surface area contributed by atoms with Gasteiger partial charge in [-0.1, -0.05) is 90.4 Å². The summed E-state index contributed by atoms with van der Waals surface area (Å²) in [5.41, 5.74) is 7.88. The normalized spacial score (nSPS) is 19.6. The van der Waals surface area contributed by atoms with E-state index in [0.29, 0.717) is 38.2 Å². The quantitative estimate of drug-likeness (QED) is 0.159. The van der Waals surface area contributed by atoms with E-state index in [4.69, 9.17) is 10.5 Å². The van der Waals surface area contributed by atoms with Crippen LogP contribution in [0.25, 0.3) is 0 Å². The second-order valence-electron chi connectivity index (χ2n) is 15.2. The molecule has 0 saturated carbocycles. The number of nitrogens with two attached hydrogens (primary N) is 1. The van der Waals surface area contributed by atoms with E-state index >= 15 is 0 Å². The third kappa shape index (κ3) is 13.2. The molecule has 2 aromatic carbocycles. The third-order valence-corrected chi connectivity index (χ3v) is 9.82. The Morgan fingerprint density at radius 2 is 1.67 bits per heavy atom. The summed E-state index contributed by atoms with van der Waals surface area (Å²) >= 11 is 0. The van der Waals surface area contributed by atoms with Gasteiger partial charge in [0, 0.05) is 20.0 Å². The van der Waals surface area contributed by atoms with Gasteiger partial charge in [0.05, 0.1) is 30.8 Å². The van der Waals surface area contributed by atoms with Crippen LogP contribution >= 0.6 is 0 Å². The predicted molar refractivity (Wildman–Crippen MR) is 208 cm³/mol. The Hall–Kier alpha value is -4.33. The molecule has 0 radical (unpaired) electrons. The number of hydrogen-bond acceptors (Lipinski definition) is 9. The molecule has 0 aliphatic carbocycles. The van der Waals surface area contributed by atoms with Crippen molar-refractivity contribution in [2.45, 2.75) is 117 Å². The van der Waals surface area contributed by atoms with Gasteiger partial charge in [-0.15, -0.1) is 0 Å². The standard InChI is InChI=1S/C41H62N6O7/c1-8-27(6)36-39(51)43-19-12-20-54-31-17-15-30(16-18-31)23-34(38(50)46-36)44-24-35(49)33(22-29-13-10-9-11-14-29)45-40(52)37(26(4)5)47(28(7)48)41(53)32(42)21-25(2)3/h9-11,13-18,25-27,32-37,44,49H,8,12,19-24,42H2,1-7H3,(H,43,51)(H,45,52)(H,46,50)/t27?,32-,33-,34-,35+,36-,37-/m0/s1. The molecular weight excluding hydrogens is 688 g/mol. The molecule has 2 aliphatic heterocycles. The fourth-order valence-corrected chi connectivity index (χ4v) is 6.57. The van der Waals surface area contributed by atoms with E-state index < -0.39 is 65.9 Å². The lowest BCUT2D eigenvalue weighted by atomic mass is 9.95. The number of fused-ring (bicyclic) bond motifs is 12. The van der Waals surface area contributed by atoms with Crippen molar-refractivity contribution in [1.82, 2.24) is 26.2 Å². The lowest BCUT2D eigenvalue weighted by molar-refractivity contribution is -0.154. The molecule has 2 bridgehead atoms. The van der Waals surface area contributed by atoms with E-state index in [0.717, 1.165) is 16.0 Å². The number of carbonyl (C=O) groups is 5. The van der Waals surface area contributed by atoms with Gasteiger partial charge in [0.2, 0.25) is 29.5 Å². The predicted octanol–water partition coefficient (Wildman–Crippen LogP) is 2.48. The first kappa shape index (κ1) is 44.1. The molecule has 2 aromatic rings. The van der Waals surface area contributed by atoms with Crippen molar-refractivity contribution < 1.29 is 33.8 Å². The number of nitrogens with one attached hydrogen (secondary N) is 4. The SMILES string of the molecule is CCC(C)[C@@H]1NC(=O)[C@@H](NC[C@@H](O)[C@H](Cc2ccccc2)NC(=O)[C@H](C(C)C)N(C(C)=O)C(=O)[C@@H](N)CC(C)C)Cc2ccc(cc2)OCCCNC1=O. The third-order valence-electron chi connectivity index (χ3n) is 9.82. The summed E-state index contributed by atoms with van der Waals surface area (Å²) in [5, 5.41) is 23.8. The van der Waals surface area contributed by atoms with Gasteiger partial charge in [0.15, 0.2) is 0 Å². The monoisotopic (exact) mass is 750 g/mol. The van der Waals surface area contributed by atoms with Crippen molar-refractivity contribution in [3.05, 3.63) is 65.7 Å². The van der Waals surface area contributed by atoms with Gasteiger partial charge in [0.1, 0.15) is 17.8 Å². The highest BCUT2D eigenvalue weighted by atomic mass is 16.5. The maximum absolute atomic E-state index is 14.1. The summed E-state index contributed by atoms with van der Waals surface area (Å²) in [5.74, 6) is -2.38. The van der Waals surface area contributed by atoms with Gasteiger partial charge in [0.25, 0.3) is 0 Å². The molecule has 298 valence electrons. The van der Waals surface area contributed by atoms with Gasteiger partial charge < -0.3 is 36.8 Å². The van der Waals surface area contributed by atoms with Crippen LogP contribution < -0.4 is 31.7 Å². The van der Waals surface area contributed by atoms with Crippen molar-refractivity contribution in [1.29, 1.82) is 0 Å². The zero-order valence-electron chi connectivity index (χ0n) is 33.0. The summed E-state index contributed by atoms with van der Waals surface area (Å²) in [6.07, 6.45) is 0.838. The highest BCUT2D eigenvalue weighted by Gasteiger charge is 2.39. The Kier molecular flexibility index (Phi) is 17.6. The number of carbonyl (C=O) groups excluding carboxylic acids is 5. The lowest BCUT2D eigenvalue weighted by Gasteiger charge is -2.35. The van der Waals surface area contributed by atoms with Crippen LogP contribution in [0.15, 0.2) is 54.6 Å². The van der Waals surface area contributed by atoms with Crippen LogP contribution in [0.3, 0.4) is 0 Å². The first-order valence-corrected chi connectivity index (χ1v) is 19.3. The molecule has 0 saturated heterocycles. The second-order valence-corrected chi connectivity index (χ2v) is 15.2. The van der Waals surface area contributed by atoms with Crippen LogP contribution in [0.2, 0.25) is 0 Å². The number of nitrogens with zero attached hydrogens (tertiary/aromatic N) is 1. The molecule has 2 heterocycles. The topological polar surface area (TPSA) is 192 Å². The summed E-state index contributed by atoms with van der Waals surface area (Å²) in [6.45, 7) is 13.1. The highest BCUT2D eigenvalue weighted by Crippen LogP contribution is 2.19. The fourth-order valence-electron chi connectivity index (χ4n) is 6.57. The number of ether oxygens (including phenoxy) is 1. The summed E-state index contributed by atoms with van der Waals surface area (Å²) in [6, 6.07) is 12.1. The van der Waals surface area contributed by atoms with Gasteiger partial charge in [-0.05, 0) is 66.7 Å². The number of aliphatic hydroxyl groups excluding tert-OH is 1. The van der Waals surface area contributed by atoms with Crippen LogP contribution in [0.1, 0.15) is 78.9 Å². The molecule has 0 fully saturated rings. The van der Waals surface area contributed by atoms with Gasteiger partial charge in [-0.2, -0.15) is 0 Å². The van der Waals surface area contributed by atoms with E-state index in [2.05, 4.69) is 21.3 Å². The van der Waals surface area contributed by atoms with E-state index in [1.54, 1.807) is 13.8 Å². The molecular formula is C41H62N6O7. The average Bonchev–Trinajstić information content (AvgIpc) is 3.13. The minimum atomic E-state index is -1.22. The molecule has 4 rings (SSSR count). The minimum absolute atomic E-state index is 0.0924. The number of aliphatic hydroxyl groups is 1. The molecule has 5 amide bonds. The smallest absolute Gasteiger partial charge is 0.246 e. The van der Waals surface area contributed by atoms with Crippen LogP contribution in [-0.2, 0) is 36.8 Å². The maximum atomic E-state index is 14.1. The average molecular weight is 751 g/mol. The van der Waals surface area contributed by atoms with Crippen molar-refractivity contribution >= 4 is 29.5 Å². The highest BCUT2D eigenvalue weighted by molar-refractivity contribution is 6.01. The molecule has 13 heteroatoms. The second kappa shape index (κ2) is 21.5. The molecule has 13 nitrogen and oxygen atoms in total. The number of rotatable bonds is 15. The first-order chi connectivity index (χ1) is 25.6. The van der Waals surface area contributed by atoms with Crippen LogP contribution in [0.5, 0.6) is 5.75 Å². The number of hydrogen-bond donors (Lipinski definition) is 6. The van der Waals surface area contributed by atoms with Gasteiger partial charge >= 0.3 is 0 Å². The van der Waals surface area contributed by atoms with E-state index in [9.17, 15) is 29.1 Å².